The molecule has 0 N–H and O–H groups in total. The third kappa shape index (κ3) is 4.48. The van der Waals surface area contributed by atoms with E-state index >= 15 is 0 Å². The summed E-state index contributed by atoms with van der Waals surface area (Å²) < 4.78 is 38.5. The fourth-order valence-electron chi connectivity index (χ4n) is 0.785. The second kappa shape index (κ2) is 5.87. The lowest BCUT2D eigenvalue weighted by Gasteiger charge is -2.19. The molecule has 0 radical (unpaired) electrons. The lowest BCUT2D eigenvalue weighted by molar-refractivity contribution is -0.267. The molecule has 4 nitrogen and oxygen atoms in total. The molecule has 0 bridgehead atoms. The molecular formula is C8H14F2O4. The van der Waals surface area contributed by atoms with Crippen molar-refractivity contribution in [2.75, 3.05) is 20.3 Å². The highest BCUT2D eigenvalue weighted by molar-refractivity contribution is 5.75. The smallest absolute Gasteiger partial charge is 0.456 e. The Bertz CT molecular complexity index is 184. The van der Waals surface area contributed by atoms with Gasteiger partial charge in [-0.25, -0.2) is 4.79 Å². The Morgan fingerprint density at radius 1 is 1.50 bits per heavy atom. The van der Waals surface area contributed by atoms with Crippen molar-refractivity contribution in [2.45, 2.75) is 26.1 Å². The first-order chi connectivity index (χ1) is 6.44. The lowest BCUT2D eigenvalue weighted by Crippen LogP contribution is -2.38. The van der Waals surface area contributed by atoms with Crippen LogP contribution in [0.4, 0.5) is 8.78 Å². The van der Waals surface area contributed by atoms with Gasteiger partial charge in [-0.3, -0.25) is 0 Å². The summed E-state index contributed by atoms with van der Waals surface area (Å²) in [5.74, 6) is -1.68. The van der Waals surface area contributed by atoms with Crippen LogP contribution in [0.2, 0.25) is 0 Å². The highest BCUT2D eigenvalue weighted by atomic mass is 19.3. The molecule has 0 amide bonds. The number of hydrogen-bond acceptors (Lipinski definition) is 4. The van der Waals surface area contributed by atoms with E-state index in [4.69, 9.17) is 0 Å². The van der Waals surface area contributed by atoms with Gasteiger partial charge in [0.15, 0.2) is 0 Å². The Morgan fingerprint density at radius 2 is 2.07 bits per heavy atom. The van der Waals surface area contributed by atoms with E-state index in [0.717, 1.165) is 0 Å². The Balaban J connectivity index is 4.10. The van der Waals surface area contributed by atoms with E-state index in [2.05, 4.69) is 14.2 Å². The average molecular weight is 212 g/mol. The molecule has 84 valence electrons. The molecule has 0 saturated heterocycles. The van der Waals surface area contributed by atoms with Gasteiger partial charge in [-0.15, -0.1) is 0 Å². The predicted molar refractivity (Wildman–Crippen MR) is 44.0 cm³/mol. The summed E-state index contributed by atoms with van der Waals surface area (Å²) in [7, 11) is 1.35. The average Bonchev–Trinajstić information content (AvgIpc) is 2.03. The van der Waals surface area contributed by atoms with E-state index in [1.165, 1.54) is 21.0 Å². The summed E-state index contributed by atoms with van der Waals surface area (Å²) in [6.07, 6.45) is -4.78. The molecule has 0 heterocycles. The molecule has 0 spiro atoms. The number of esters is 1. The summed E-state index contributed by atoms with van der Waals surface area (Å²) in [6, 6.07) is 0. The predicted octanol–water partition coefficient (Wildman–Crippen LogP) is 1.19. The van der Waals surface area contributed by atoms with Gasteiger partial charge in [-0.2, -0.15) is 8.78 Å². The van der Waals surface area contributed by atoms with Crippen molar-refractivity contribution in [1.29, 1.82) is 0 Å². The maximum Gasteiger partial charge on any atom is 0.456 e. The van der Waals surface area contributed by atoms with E-state index < -0.39 is 18.2 Å². The van der Waals surface area contributed by atoms with Crippen LogP contribution in [0.25, 0.3) is 0 Å². The van der Waals surface area contributed by atoms with Crippen LogP contribution in [0.15, 0.2) is 0 Å². The van der Waals surface area contributed by atoms with E-state index in [0.29, 0.717) is 0 Å². The Morgan fingerprint density at radius 3 is 2.50 bits per heavy atom. The maximum atomic E-state index is 12.8. The Hall–Kier alpha value is -0.750. The van der Waals surface area contributed by atoms with Crippen molar-refractivity contribution in [3.8, 4) is 0 Å². The number of carbonyl (C=O) groups excluding carboxylic acids is 1. The third-order valence-corrected chi connectivity index (χ3v) is 1.26. The van der Waals surface area contributed by atoms with Gasteiger partial charge in [0, 0.05) is 7.11 Å². The van der Waals surface area contributed by atoms with E-state index in [9.17, 15) is 13.6 Å². The van der Waals surface area contributed by atoms with Crippen LogP contribution in [-0.2, 0) is 19.0 Å². The van der Waals surface area contributed by atoms with Gasteiger partial charge in [0.2, 0.25) is 0 Å². The van der Waals surface area contributed by atoms with Crippen LogP contribution in [0.1, 0.15) is 13.8 Å². The third-order valence-electron chi connectivity index (χ3n) is 1.26. The minimum atomic E-state index is -3.91. The van der Waals surface area contributed by atoms with Gasteiger partial charge in [0.1, 0.15) is 0 Å². The number of ether oxygens (including phenoxy) is 3. The minimum Gasteiger partial charge on any atom is -0.460 e. The van der Waals surface area contributed by atoms with Gasteiger partial charge >= 0.3 is 12.1 Å². The Kier molecular flexibility index (Phi) is 5.56. The first-order valence-corrected chi connectivity index (χ1v) is 4.15. The van der Waals surface area contributed by atoms with E-state index in [-0.39, 0.29) is 13.2 Å². The van der Waals surface area contributed by atoms with Crippen LogP contribution in [0, 0.1) is 0 Å². The maximum absolute atomic E-state index is 12.8. The van der Waals surface area contributed by atoms with E-state index in [1.807, 2.05) is 0 Å². The van der Waals surface area contributed by atoms with Crippen LogP contribution in [0.5, 0.6) is 0 Å². The van der Waals surface area contributed by atoms with Crippen LogP contribution >= 0.6 is 0 Å². The molecule has 0 saturated carbocycles. The van der Waals surface area contributed by atoms with Crippen molar-refractivity contribution < 1.29 is 27.8 Å². The summed E-state index contributed by atoms with van der Waals surface area (Å²) in [6.45, 7) is 2.68. The van der Waals surface area contributed by atoms with Crippen molar-refractivity contribution in [3.63, 3.8) is 0 Å². The normalized spacial score (nSPS) is 13.8. The molecule has 0 aromatic heterocycles. The number of rotatable bonds is 6. The summed E-state index contributed by atoms with van der Waals surface area (Å²) in [5, 5.41) is 0. The number of hydrogen-bond donors (Lipinski definition) is 0. The molecule has 1 atom stereocenters. The zero-order valence-corrected chi connectivity index (χ0v) is 8.38. The highest BCUT2D eigenvalue weighted by Crippen LogP contribution is 2.19. The zero-order chi connectivity index (χ0) is 11.2. The van der Waals surface area contributed by atoms with E-state index in [1.54, 1.807) is 0 Å². The molecule has 0 aromatic rings. The molecule has 0 aliphatic carbocycles. The van der Waals surface area contributed by atoms with Crippen LogP contribution < -0.4 is 0 Å². The van der Waals surface area contributed by atoms with Crippen molar-refractivity contribution in [3.05, 3.63) is 0 Å². The first-order valence-electron chi connectivity index (χ1n) is 4.15. The molecule has 0 aliphatic rings. The molecule has 0 fully saturated rings. The molecule has 0 aromatic carbocycles. The van der Waals surface area contributed by atoms with Gasteiger partial charge in [0.05, 0.1) is 19.3 Å². The first kappa shape index (κ1) is 13.2. The van der Waals surface area contributed by atoms with Gasteiger partial charge in [-0.05, 0) is 13.8 Å². The quantitative estimate of drug-likeness (QED) is 0.620. The zero-order valence-electron chi connectivity index (χ0n) is 8.38. The second-order valence-corrected chi connectivity index (χ2v) is 2.62. The molecule has 0 rings (SSSR count). The highest BCUT2D eigenvalue weighted by Gasteiger charge is 2.43. The fraction of sp³-hybridized carbons (Fsp3) is 0.875. The minimum absolute atomic E-state index is 0.0189. The second-order valence-electron chi connectivity index (χ2n) is 2.62. The van der Waals surface area contributed by atoms with Crippen LogP contribution in [-0.4, -0.2) is 38.5 Å². The molecular weight excluding hydrogens is 198 g/mol. The molecule has 0 aliphatic heterocycles. The lowest BCUT2D eigenvalue weighted by atomic mass is 10.4. The van der Waals surface area contributed by atoms with Crippen molar-refractivity contribution in [1.82, 2.24) is 0 Å². The fourth-order valence-corrected chi connectivity index (χ4v) is 0.785. The molecule has 6 heteroatoms. The van der Waals surface area contributed by atoms with Gasteiger partial charge in [-0.1, -0.05) is 0 Å². The van der Waals surface area contributed by atoms with Crippen molar-refractivity contribution in [2.24, 2.45) is 0 Å². The summed E-state index contributed by atoms with van der Waals surface area (Å²) >= 11 is 0. The van der Waals surface area contributed by atoms with Crippen LogP contribution in [0.3, 0.4) is 0 Å². The topological polar surface area (TPSA) is 44.8 Å². The number of alkyl halides is 2. The monoisotopic (exact) mass is 212 g/mol. The number of methoxy groups -OCH3 is 1. The Labute approximate surface area is 81.1 Å². The largest absolute Gasteiger partial charge is 0.460 e. The van der Waals surface area contributed by atoms with Crippen molar-refractivity contribution >= 4 is 5.97 Å². The summed E-state index contributed by atoms with van der Waals surface area (Å²) in [4.78, 5) is 10.7. The van der Waals surface area contributed by atoms with Gasteiger partial charge < -0.3 is 14.2 Å². The number of carbonyl (C=O) groups is 1. The summed E-state index contributed by atoms with van der Waals surface area (Å²) in [5.41, 5.74) is 0. The van der Waals surface area contributed by atoms with Gasteiger partial charge in [0.25, 0.3) is 0 Å². The number of halogens is 2. The molecule has 14 heavy (non-hydrogen) atoms. The standard InChI is InChI=1S/C8H14F2O4/c1-4-13-7(11)8(9,10)14-6(2)5-12-3/h6H,4-5H2,1-3H3. The molecule has 1 unspecified atom stereocenters. The SMILES string of the molecule is CCOC(=O)C(F)(F)OC(C)COC.